The second kappa shape index (κ2) is 9.27. The third kappa shape index (κ3) is 5.79. The average molecular weight is 355 g/mol. The predicted octanol–water partition coefficient (Wildman–Crippen LogP) is 2.74. The van der Waals surface area contributed by atoms with Gasteiger partial charge in [-0.05, 0) is 43.7 Å². The molecule has 1 heterocycles. The Bertz CT molecular complexity index is 720. The van der Waals surface area contributed by atoms with E-state index in [1.807, 2.05) is 29.1 Å². The molecule has 140 valence electrons. The van der Waals surface area contributed by atoms with Crippen molar-refractivity contribution in [2.45, 2.75) is 39.3 Å². The molecule has 1 aromatic carbocycles. The number of nitrogens with zero attached hydrogens (tertiary/aromatic N) is 3. The molecule has 1 aliphatic carbocycles. The monoisotopic (exact) mass is 355 g/mol. The van der Waals surface area contributed by atoms with Gasteiger partial charge in [-0.25, -0.2) is 0 Å². The highest BCUT2D eigenvalue weighted by Gasteiger charge is 2.22. The van der Waals surface area contributed by atoms with Gasteiger partial charge in [0.25, 0.3) is 0 Å². The van der Waals surface area contributed by atoms with Crippen molar-refractivity contribution >= 4 is 5.96 Å². The Morgan fingerprint density at radius 2 is 2.15 bits per heavy atom. The van der Waals surface area contributed by atoms with Crippen LogP contribution in [0.3, 0.4) is 0 Å². The van der Waals surface area contributed by atoms with E-state index in [-0.39, 0.29) is 0 Å². The van der Waals surface area contributed by atoms with Gasteiger partial charge in [0.05, 0.1) is 12.8 Å². The Kier molecular flexibility index (Phi) is 6.52. The van der Waals surface area contributed by atoms with Crippen LogP contribution in [0.15, 0.2) is 41.7 Å². The summed E-state index contributed by atoms with van der Waals surface area (Å²) >= 11 is 0. The molecule has 0 radical (unpaired) electrons. The molecule has 0 spiro atoms. The van der Waals surface area contributed by atoms with E-state index in [4.69, 9.17) is 4.74 Å². The first kappa shape index (κ1) is 18.3. The number of nitrogens with one attached hydrogen (secondary N) is 2. The summed E-state index contributed by atoms with van der Waals surface area (Å²) < 4.78 is 7.94. The minimum Gasteiger partial charge on any atom is -0.493 e. The molecule has 0 bridgehead atoms. The van der Waals surface area contributed by atoms with Crippen LogP contribution in [-0.2, 0) is 13.1 Å². The van der Waals surface area contributed by atoms with Gasteiger partial charge in [-0.3, -0.25) is 9.67 Å². The maximum atomic E-state index is 5.97. The van der Waals surface area contributed by atoms with Crippen molar-refractivity contribution in [3.05, 3.63) is 47.8 Å². The molecule has 0 amide bonds. The molecule has 2 N–H and O–H groups in total. The number of aromatic nitrogens is 2. The third-order valence-electron chi connectivity index (χ3n) is 4.43. The number of aliphatic imine (C=N–C) groups is 1. The van der Waals surface area contributed by atoms with Gasteiger partial charge < -0.3 is 15.4 Å². The van der Waals surface area contributed by atoms with E-state index in [1.165, 1.54) is 18.4 Å². The largest absolute Gasteiger partial charge is 0.493 e. The summed E-state index contributed by atoms with van der Waals surface area (Å²) in [6, 6.07) is 8.21. The van der Waals surface area contributed by atoms with E-state index in [0.29, 0.717) is 6.54 Å². The summed E-state index contributed by atoms with van der Waals surface area (Å²) in [5.41, 5.74) is 2.35. The Labute approximate surface area is 155 Å². The first-order valence-electron chi connectivity index (χ1n) is 9.39. The SMILES string of the molecule is CN=C(NCCCn1cc(C)cn1)NCc1ccccc1OCC1CC1. The maximum absolute atomic E-state index is 5.97. The standard InChI is InChI=1S/C20H29N5O/c1-16-12-24-25(14-16)11-5-10-22-20(21-2)23-13-18-6-3-4-7-19(18)26-15-17-8-9-17/h3-4,6-7,12,14,17H,5,8-11,13,15H2,1-2H3,(H2,21,22,23). The van der Waals surface area contributed by atoms with E-state index < -0.39 is 0 Å². The van der Waals surface area contributed by atoms with E-state index in [1.54, 1.807) is 7.05 Å². The maximum Gasteiger partial charge on any atom is 0.191 e. The van der Waals surface area contributed by atoms with E-state index in [9.17, 15) is 0 Å². The summed E-state index contributed by atoms with van der Waals surface area (Å²) in [5.74, 6) is 2.53. The van der Waals surface area contributed by atoms with Crippen LogP contribution in [-0.4, -0.2) is 35.9 Å². The molecule has 26 heavy (non-hydrogen) atoms. The van der Waals surface area contributed by atoms with Crippen molar-refractivity contribution in [3.8, 4) is 5.75 Å². The molecular weight excluding hydrogens is 326 g/mol. The number of rotatable bonds is 9. The first-order valence-corrected chi connectivity index (χ1v) is 9.39. The van der Waals surface area contributed by atoms with E-state index in [0.717, 1.165) is 49.3 Å². The van der Waals surface area contributed by atoms with Gasteiger partial charge in [-0.1, -0.05) is 18.2 Å². The minimum absolute atomic E-state index is 0.693. The lowest BCUT2D eigenvalue weighted by Crippen LogP contribution is -2.37. The molecule has 0 saturated heterocycles. The van der Waals surface area contributed by atoms with Crippen LogP contribution in [0.2, 0.25) is 0 Å². The van der Waals surface area contributed by atoms with Crippen molar-refractivity contribution in [1.29, 1.82) is 0 Å². The fourth-order valence-corrected chi connectivity index (χ4v) is 2.72. The van der Waals surface area contributed by atoms with Crippen molar-refractivity contribution < 1.29 is 4.74 Å². The molecule has 1 saturated carbocycles. The van der Waals surface area contributed by atoms with Crippen LogP contribution in [0.1, 0.15) is 30.4 Å². The number of ether oxygens (including phenoxy) is 1. The lowest BCUT2D eigenvalue weighted by molar-refractivity contribution is 0.296. The fourth-order valence-electron chi connectivity index (χ4n) is 2.72. The van der Waals surface area contributed by atoms with E-state index >= 15 is 0 Å². The third-order valence-corrected chi connectivity index (χ3v) is 4.43. The highest BCUT2D eigenvalue weighted by atomic mass is 16.5. The summed E-state index contributed by atoms with van der Waals surface area (Å²) in [6.45, 7) is 5.32. The van der Waals surface area contributed by atoms with Gasteiger partial charge >= 0.3 is 0 Å². The number of hydrogen-bond acceptors (Lipinski definition) is 3. The summed E-state index contributed by atoms with van der Waals surface area (Å²) in [7, 11) is 1.79. The smallest absolute Gasteiger partial charge is 0.191 e. The summed E-state index contributed by atoms with van der Waals surface area (Å²) in [6.07, 6.45) is 7.54. The first-order chi connectivity index (χ1) is 12.7. The van der Waals surface area contributed by atoms with Gasteiger partial charge in [0.1, 0.15) is 5.75 Å². The van der Waals surface area contributed by atoms with Gasteiger partial charge in [0.15, 0.2) is 5.96 Å². The number of guanidine groups is 1. The van der Waals surface area contributed by atoms with Crippen molar-refractivity contribution in [3.63, 3.8) is 0 Å². The second-order valence-electron chi connectivity index (χ2n) is 6.85. The zero-order chi connectivity index (χ0) is 18.2. The fraction of sp³-hybridized carbons (Fsp3) is 0.500. The Hall–Kier alpha value is -2.50. The predicted molar refractivity (Wildman–Crippen MR) is 104 cm³/mol. The molecule has 3 rings (SSSR count). The zero-order valence-electron chi connectivity index (χ0n) is 15.7. The molecule has 6 nitrogen and oxygen atoms in total. The molecule has 0 unspecified atom stereocenters. The van der Waals surface area contributed by atoms with Crippen LogP contribution in [0.5, 0.6) is 5.75 Å². The number of aryl methyl sites for hydroxylation is 2. The number of hydrogen-bond donors (Lipinski definition) is 2. The van der Waals surface area contributed by atoms with Crippen LogP contribution in [0, 0.1) is 12.8 Å². The Balaban J connectivity index is 1.40. The van der Waals surface area contributed by atoms with Crippen molar-refractivity contribution in [2.75, 3.05) is 20.2 Å². The molecular formula is C20H29N5O. The lowest BCUT2D eigenvalue weighted by Gasteiger charge is -2.15. The molecule has 0 atom stereocenters. The number of para-hydroxylation sites is 1. The molecule has 6 heteroatoms. The molecule has 0 aliphatic heterocycles. The van der Waals surface area contributed by atoms with Crippen LogP contribution in [0.25, 0.3) is 0 Å². The zero-order valence-corrected chi connectivity index (χ0v) is 15.7. The molecule has 1 aliphatic rings. The van der Waals surface area contributed by atoms with Gasteiger partial charge in [0.2, 0.25) is 0 Å². The summed E-state index contributed by atoms with van der Waals surface area (Å²) in [5, 5.41) is 11.0. The lowest BCUT2D eigenvalue weighted by atomic mass is 10.2. The summed E-state index contributed by atoms with van der Waals surface area (Å²) in [4.78, 5) is 4.30. The van der Waals surface area contributed by atoms with Crippen molar-refractivity contribution in [2.24, 2.45) is 10.9 Å². The van der Waals surface area contributed by atoms with Crippen LogP contribution < -0.4 is 15.4 Å². The molecule has 1 fully saturated rings. The number of benzene rings is 1. The highest BCUT2D eigenvalue weighted by Crippen LogP contribution is 2.30. The van der Waals surface area contributed by atoms with Gasteiger partial charge in [-0.15, -0.1) is 0 Å². The molecule has 1 aromatic heterocycles. The quantitative estimate of drug-likeness (QED) is 0.412. The second-order valence-corrected chi connectivity index (χ2v) is 6.85. The Morgan fingerprint density at radius 1 is 1.31 bits per heavy atom. The van der Waals surface area contributed by atoms with Gasteiger partial charge in [0, 0.05) is 38.4 Å². The van der Waals surface area contributed by atoms with Crippen LogP contribution >= 0.6 is 0 Å². The average Bonchev–Trinajstić information content (AvgIpc) is 3.40. The normalized spacial score (nSPS) is 14.3. The molecule has 2 aromatic rings. The highest BCUT2D eigenvalue weighted by molar-refractivity contribution is 5.79. The topological polar surface area (TPSA) is 63.5 Å². The van der Waals surface area contributed by atoms with E-state index in [2.05, 4.69) is 39.9 Å². The van der Waals surface area contributed by atoms with Crippen molar-refractivity contribution in [1.82, 2.24) is 20.4 Å². The Morgan fingerprint density at radius 3 is 2.88 bits per heavy atom. The van der Waals surface area contributed by atoms with Crippen LogP contribution in [0.4, 0.5) is 0 Å². The van der Waals surface area contributed by atoms with Gasteiger partial charge in [-0.2, -0.15) is 5.10 Å². The minimum atomic E-state index is 0.693.